The first kappa shape index (κ1) is 17.2. The number of thiazole rings is 1. The Kier molecular flexibility index (Phi) is 3.66. The fourth-order valence-corrected chi connectivity index (χ4v) is 5.81. The van der Waals surface area contributed by atoms with Gasteiger partial charge in [0, 0.05) is 29.5 Å². The summed E-state index contributed by atoms with van der Waals surface area (Å²) in [5.74, 6) is 1.23. The molecule has 4 heterocycles. The molecular weight excluding hydrogens is 386 g/mol. The second-order valence-corrected chi connectivity index (χ2v) is 8.99. The lowest BCUT2D eigenvalue weighted by atomic mass is 9.91. The quantitative estimate of drug-likeness (QED) is 0.578. The normalized spacial score (nSPS) is 23.2. The third kappa shape index (κ3) is 2.50. The van der Waals surface area contributed by atoms with Crippen molar-refractivity contribution in [1.29, 1.82) is 0 Å². The third-order valence-electron chi connectivity index (χ3n) is 6.32. The molecule has 2 aromatic rings. The van der Waals surface area contributed by atoms with Crippen molar-refractivity contribution in [3.8, 4) is 11.5 Å². The number of carbonyl (C=O) groups is 1. The van der Waals surface area contributed by atoms with Gasteiger partial charge in [-0.15, -0.1) is 11.3 Å². The number of rotatable bonds is 3. The van der Waals surface area contributed by atoms with E-state index in [0.29, 0.717) is 42.4 Å². The lowest BCUT2D eigenvalue weighted by Gasteiger charge is -2.20. The largest absolute Gasteiger partial charge is 0.486 e. The molecule has 3 aliphatic heterocycles. The Labute approximate surface area is 173 Å². The van der Waals surface area contributed by atoms with Gasteiger partial charge in [0.15, 0.2) is 22.8 Å². The molecule has 1 aromatic heterocycles. The molecule has 6 rings (SSSR count). The second-order valence-electron chi connectivity index (χ2n) is 7.93. The predicted molar refractivity (Wildman–Crippen MR) is 112 cm³/mol. The molecule has 0 N–H and O–H groups in total. The van der Waals surface area contributed by atoms with Gasteiger partial charge in [0.05, 0.1) is 11.3 Å². The molecule has 1 aliphatic carbocycles. The van der Waals surface area contributed by atoms with Crippen LogP contribution in [0.4, 0.5) is 5.13 Å². The van der Waals surface area contributed by atoms with Gasteiger partial charge in [-0.25, -0.2) is 9.56 Å². The summed E-state index contributed by atoms with van der Waals surface area (Å²) in [5, 5.41) is 0.750. The van der Waals surface area contributed by atoms with Crippen LogP contribution in [0.1, 0.15) is 40.7 Å². The van der Waals surface area contributed by atoms with Gasteiger partial charge in [0.1, 0.15) is 13.2 Å². The Bertz CT molecular complexity index is 1120. The maximum atomic E-state index is 13.1. The van der Waals surface area contributed by atoms with Crippen molar-refractivity contribution in [3.63, 3.8) is 0 Å². The molecule has 1 fully saturated rings. The molecule has 4 aliphatic rings. The maximum Gasteiger partial charge on any atom is 0.259 e. The van der Waals surface area contributed by atoms with E-state index in [4.69, 9.17) is 14.5 Å². The minimum Gasteiger partial charge on any atom is -0.486 e. The predicted octanol–water partition coefficient (Wildman–Crippen LogP) is 3.15. The molecule has 0 saturated carbocycles. The van der Waals surface area contributed by atoms with Gasteiger partial charge >= 0.3 is 0 Å². The van der Waals surface area contributed by atoms with Crippen LogP contribution in [0.3, 0.4) is 0 Å². The monoisotopic (exact) mass is 408 g/mol. The first-order chi connectivity index (χ1) is 14.2. The highest BCUT2D eigenvalue weighted by atomic mass is 32.1. The number of nitrogens with zero attached hydrogens (tertiary/aromatic N) is 3. The van der Waals surface area contributed by atoms with Crippen LogP contribution < -0.4 is 14.4 Å². The van der Waals surface area contributed by atoms with Crippen molar-refractivity contribution in [1.82, 2.24) is 4.98 Å². The van der Waals surface area contributed by atoms with E-state index in [9.17, 15) is 4.79 Å². The average molecular weight is 409 g/mol. The van der Waals surface area contributed by atoms with Crippen molar-refractivity contribution < 1.29 is 18.8 Å². The maximum absolute atomic E-state index is 13.1. The molecule has 2 atom stereocenters. The summed E-state index contributed by atoms with van der Waals surface area (Å²) in [4.78, 5) is 20.9. The van der Waals surface area contributed by atoms with E-state index in [-0.39, 0.29) is 5.91 Å². The van der Waals surface area contributed by atoms with Crippen LogP contribution in [0, 0.1) is 0 Å². The number of fused-ring (bicyclic) bond motifs is 5. The number of ether oxygens (including phenoxy) is 2. The zero-order chi connectivity index (χ0) is 19.7. The summed E-state index contributed by atoms with van der Waals surface area (Å²) in [6, 6.07) is 6.64. The fourth-order valence-electron chi connectivity index (χ4n) is 4.78. The van der Waals surface area contributed by atoms with Gasteiger partial charge in [-0.3, -0.25) is 9.69 Å². The van der Waals surface area contributed by atoms with Crippen LogP contribution in [0.5, 0.6) is 11.5 Å². The molecule has 6 nitrogen and oxygen atoms in total. The van der Waals surface area contributed by atoms with E-state index in [0.717, 1.165) is 23.7 Å². The summed E-state index contributed by atoms with van der Waals surface area (Å²) < 4.78 is 13.6. The van der Waals surface area contributed by atoms with Crippen LogP contribution in [0.25, 0.3) is 5.57 Å². The highest BCUT2D eigenvalue weighted by Crippen LogP contribution is 2.47. The number of carbonyl (C=O) groups excluding carboxylic acids is 1. The highest BCUT2D eigenvalue weighted by Gasteiger charge is 2.60. The van der Waals surface area contributed by atoms with Crippen molar-refractivity contribution in [2.24, 2.45) is 0 Å². The number of benzene rings is 1. The second kappa shape index (κ2) is 6.16. The first-order valence-corrected chi connectivity index (χ1v) is 11.0. The summed E-state index contributed by atoms with van der Waals surface area (Å²) in [5.41, 5.74) is 4.50. The van der Waals surface area contributed by atoms with Gasteiger partial charge in [0.2, 0.25) is 12.1 Å². The van der Waals surface area contributed by atoms with Crippen molar-refractivity contribution in [2.75, 3.05) is 25.2 Å². The van der Waals surface area contributed by atoms with E-state index in [1.54, 1.807) is 47.1 Å². The smallest absolute Gasteiger partial charge is 0.259 e. The molecule has 148 valence electrons. The summed E-state index contributed by atoms with van der Waals surface area (Å²) in [6.07, 6.45) is 5.61. The van der Waals surface area contributed by atoms with Crippen LogP contribution in [-0.2, 0) is 6.42 Å². The number of hydrogen-bond donors (Lipinski definition) is 0. The third-order valence-corrected chi connectivity index (χ3v) is 7.51. The minimum atomic E-state index is -0.0877. The molecule has 7 heteroatoms. The van der Waals surface area contributed by atoms with Gasteiger partial charge in [0.25, 0.3) is 5.91 Å². The number of anilines is 1. The number of aryl methyl sites for hydroxylation is 1. The topological polar surface area (TPSA) is 54.7 Å². The van der Waals surface area contributed by atoms with E-state index in [1.807, 2.05) is 0 Å². The van der Waals surface area contributed by atoms with Crippen molar-refractivity contribution in [3.05, 3.63) is 39.9 Å². The van der Waals surface area contributed by atoms with Gasteiger partial charge in [-0.05, 0) is 31.0 Å². The SMILES string of the molecule is CCC1C2C3=C(C=[N+]12)c1nc(N(C)C(=O)c2ccc4c(c2)OCCO4)sc1CC3. The van der Waals surface area contributed by atoms with Crippen LogP contribution >= 0.6 is 11.3 Å². The lowest BCUT2D eigenvalue weighted by molar-refractivity contribution is -0.367. The Morgan fingerprint density at radius 3 is 2.93 bits per heavy atom. The zero-order valence-corrected chi connectivity index (χ0v) is 17.3. The number of allylic oxidation sites excluding steroid dienone is 1. The number of amides is 1. The van der Waals surface area contributed by atoms with E-state index < -0.39 is 0 Å². The molecule has 2 unspecified atom stereocenters. The van der Waals surface area contributed by atoms with Crippen LogP contribution in [0.2, 0.25) is 0 Å². The molecule has 29 heavy (non-hydrogen) atoms. The van der Waals surface area contributed by atoms with Crippen LogP contribution in [0.15, 0.2) is 23.8 Å². The van der Waals surface area contributed by atoms with Gasteiger partial charge < -0.3 is 9.47 Å². The molecule has 1 aromatic carbocycles. The van der Waals surface area contributed by atoms with E-state index >= 15 is 0 Å². The fraction of sp³-hybridized carbons (Fsp3) is 0.409. The first-order valence-electron chi connectivity index (χ1n) is 10.2. The molecule has 0 radical (unpaired) electrons. The van der Waals surface area contributed by atoms with E-state index in [1.165, 1.54) is 16.9 Å². The van der Waals surface area contributed by atoms with E-state index in [2.05, 4.69) is 17.7 Å². The summed E-state index contributed by atoms with van der Waals surface area (Å²) in [6.45, 7) is 3.30. The van der Waals surface area contributed by atoms with Gasteiger partial charge in [-0.1, -0.05) is 6.92 Å². The molecule has 1 amide bonds. The van der Waals surface area contributed by atoms with Crippen LogP contribution in [-0.4, -0.2) is 54.0 Å². The average Bonchev–Trinajstić information content (AvgIpc) is 3.09. The van der Waals surface area contributed by atoms with Gasteiger partial charge in [-0.2, -0.15) is 0 Å². The summed E-state index contributed by atoms with van der Waals surface area (Å²) >= 11 is 1.63. The number of aromatic nitrogens is 1. The minimum absolute atomic E-state index is 0.0877. The summed E-state index contributed by atoms with van der Waals surface area (Å²) in [7, 11) is 1.80. The Hall–Kier alpha value is -2.67. The zero-order valence-electron chi connectivity index (χ0n) is 16.5. The molecule has 0 spiro atoms. The number of hydrogen-bond acceptors (Lipinski definition) is 5. The lowest BCUT2D eigenvalue weighted by Crippen LogP contribution is -2.26. The highest BCUT2D eigenvalue weighted by molar-refractivity contribution is 7.16. The van der Waals surface area contributed by atoms with Crippen molar-refractivity contribution in [2.45, 2.75) is 38.3 Å². The Morgan fingerprint density at radius 2 is 2.10 bits per heavy atom. The molecular formula is C22H22N3O3S+. The standard InChI is InChI=1S/C22H22N3O3S/c1-3-15-20-13-5-7-18-19(14(13)11-25(15)20)23-22(29-18)24(2)21(26)12-4-6-16-17(10-12)28-9-8-27-16/h4,6,10-11,15,20H,3,5,7-9H2,1-2H3/q+1. The Morgan fingerprint density at radius 1 is 1.28 bits per heavy atom. The molecule has 0 bridgehead atoms. The molecule has 1 saturated heterocycles. The Balaban J connectivity index is 1.28. The van der Waals surface area contributed by atoms with Crippen molar-refractivity contribution >= 4 is 34.2 Å².